The predicted octanol–water partition coefficient (Wildman–Crippen LogP) is 3.42. The largest absolute Gasteiger partial charge is 0.482 e. The number of amides is 1. The van der Waals surface area contributed by atoms with Crippen LogP contribution in [-0.4, -0.2) is 34.4 Å². The van der Waals surface area contributed by atoms with Gasteiger partial charge in [0.15, 0.2) is 12.7 Å². The SMILES string of the molecule is Cc1cc(OCC(=O)O[C@H](C)C(=O)Nc2c(C)nn(C)c2C)ccc1C(C)C. The fourth-order valence-corrected chi connectivity index (χ4v) is 2.99. The fourth-order valence-electron chi connectivity index (χ4n) is 2.99. The minimum atomic E-state index is -0.944. The van der Waals surface area contributed by atoms with Crippen molar-refractivity contribution < 1.29 is 19.1 Å². The Morgan fingerprint density at radius 2 is 1.86 bits per heavy atom. The number of nitrogens with zero attached hydrogens (tertiary/aromatic N) is 2. The first-order valence-electron chi connectivity index (χ1n) is 9.34. The maximum Gasteiger partial charge on any atom is 0.344 e. The van der Waals surface area contributed by atoms with Gasteiger partial charge in [0.1, 0.15) is 5.75 Å². The normalized spacial score (nSPS) is 12.0. The molecule has 0 unspecified atom stereocenters. The fraction of sp³-hybridized carbons (Fsp3) is 0.476. The Kier molecular flexibility index (Phi) is 6.83. The molecule has 28 heavy (non-hydrogen) atoms. The van der Waals surface area contributed by atoms with Crippen LogP contribution in [0.1, 0.15) is 49.2 Å². The molecule has 1 N–H and O–H groups in total. The van der Waals surface area contributed by atoms with Crippen LogP contribution in [0.3, 0.4) is 0 Å². The average Bonchev–Trinajstić information content (AvgIpc) is 2.85. The standard InChI is InChI=1S/C21H29N3O4/c1-12(2)18-9-8-17(10-13(18)3)27-11-19(25)28-16(6)21(26)22-20-14(4)23-24(7)15(20)5/h8-10,12,16H,11H2,1-7H3,(H,22,26)/t16-/m1/s1. The van der Waals surface area contributed by atoms with E-state index in [4.69, 9.17) is 9.47 Å². The summed E-state index contributed by atoms with van der Waals surface area (Å²) in [4.78, 5) is 24.4. The van der Waals surface area contributed by atoms with Crippen LogP contribution in [0.15, 0.2) is 18.2 Å². The smallest absolute Gasteiger partial charge is 0.344 e. The number of benzene rings is 1. The number of rotatable bonds is 7. The van der Waals surface area contributed by atoms with Gasteiger partial charge in [0.25, 0.3) is 5.91 Å². The third kappa shape index (κ3) is 5.12. The number of carbonyl (C=O) groups excluding carboxylic acids is 2. The molecule has 0 aliphatic carbocycles. The van der Waals surface area contributed by atoms with E-state index in [0.29, 0.717) is 23.0 Å². The maximum atomic E-state index is 12.3. The molecule has 0 saturated heterocycles. The molecule has 0 saturated carbocycles. The van der Waals surface area contributed by atoms with E-state index in [1.54, 1.807) is 18.7 Å². The van der Waals surface area contributed by atoms with Crippen molar-refractivity contribution in [2.75, 3.05) is 11.9 Å². The molecule has 0 aliphatic heterocycles. The number of aryl methyl sites for hydroxylation is 3. The van der Waals surface area contributed by atoms with Crippen molar-refractivity contribution in [1.82, 2.24) is 9.78 Å². The van der Waals surface area contributed by atoms with Crippen molar-refractivity contribution >= 4 is 17.6 Å². The van der Waals surface area contributed by atoms with Crippen LogP contribution < -0.4 is 10.1 Å². The third-order valence-electron chi connectivity index (χ3n) is 4.65. The Bertz CT molecular complexity index is 871. The van der Waals surface area contributed by atoms with Crippen LogP contribution in [-0.2, 0) is 21.4 Å². The molecule has 1 aromatic carbocycles. The van der Waals surface area contributed by atoms with Gasteiger partial charge >= 0.3 is 5.97 Å². The molecule has 152 valence electrons. The van der Waals surface area contributed by atoms with Crippen molar-refractivity contribution in [1.29, 1.82) is 0 Å². The van der Waals surface area contributed by atoms with Gasteiger partial charge in [0, 0.05) is 7.05 Å². The van der Waals surface area contributed by atoms with Crippen LogP contribution in [0.2, 0.25) is 0 Å². The summed E-state index contributed by atoms with van der Waals surface area (Å²) in [5, 5.41) is 7.01. The zero-order valence-electron chi connectivity index (χ0n) is 17.6. The second-order valence-corrected chi connectivity index (χ2v) is 7.25. The highest BCUT2D eigenvalue weighted by molar-refractivity contribution is 5.96. The first kappa shape index (κ1) is 21.5. The van der Waals surface area contributed by atoms with E-state index in [1.807, 2.05) is 32.0 Å². The van der Waals surface area contributed by atoms with E-state index in [2.05, 4.69) is 24.3 Å². The van der Waals surface area contributed by atoms with Crippen LogP contribution in [0, 0.1) is 20.8 Å². The zero-order valence-corrected chi connectivity index (χ0v) is 17.6. The molecule has 1 aromatic heterocycles. The van der Waals surface area contributed by atoms with Gasteiger partial charge in [0.05, 0.1) is 17.1 Å². The lowest BCUT2D eigenvalue weighted by Gasteiger charge is -2.15. The van der Waals surface area contributed by atoms with Crippen molar-refractivity contribution in [3.63, 3.8) is 0 Å². The van der Waals surface area contributed by atoms with Crippen molar-refractivity contribution in [3.05, 3.63) is 40.7 Å². The number of carbonyl (C=O) groups is 2. The lowest BCUT2D eigenvalue weighted by atomic mass is 9.98. The quantitative estimate of drug-likeness (QED) is 0.736. The summed E-state index contributed by atoms with van der Waals surface area (Å²) < 4.78 is 12.4. The minimum Gasteiger partial charge on any atom is -0.482 e. The highest BCUT2D eigenvalue weighted by Crippen LogP contribution is 2.23. The second kappa shape index (κ2) is 8.91. The van der Waals surface area contributed by atoms with E-state index in [0.717, 1.165) is 11.3 Å². The van der Waals surface area contributed by atoms with Gasteiger partial charge < -0.3 is 14.8 Å². The van der Waals surface area contributed by atoms with E-state index in [9.17, 15) is 9.59 Å². The van der Waals surface area contributed by atoms with Gasteiger partial charge in [-0.3, -0.25) is 9.48 Å². The third-order valence-corrected chi connectivity index (χ3v) is 4.65. The molecule has 7 heteroatoms. The van der Waals surface area contributed by atoms with Crippen LogP contribution in [0.4, 0.5) is 5.69 Å². The summed E-state index contributed by atoms with van der Waals surface area (Å²) >= 11 is 0. The highest BCUT2D eigenvalue weighted by atomic mass is 16.6. The van der Waals surface area contributed by atoms with E-state index >= 15 is 0 Å². The van der Waals surface area contributed by atoms with Crippen molar-refractivity contribution in [3.8, 4) is 5.75 Å². The summed E-state index contributed by atoms with van der Waals surface area (Å²) in [7, 11) is 1.80. The van der Waals surface area contributed by atoms with Gasteiger partial charge in [-0.05, 0) is 56.9 Å². The number of nitrogens with one attached hydrogen (secondary N) is 1. The lowest BCUT2D eigenvalue weighted by molar-refractivity contribution is -0.155. The first-order chi connectivity index (χ1) is 13.1. The Balaban J connectivity index is 1.88. The predicted molar refractivity (Wildman–Crippen MR) is 108 cm³/mol. The van der Waals surface area contributed by atoms with Crippen LogP contribution in [0.5, 0.6) is 5.75 Å². The molecule has 0 aliphatic rings. The molecule has 0 spiro atoms. The molecule has 2 aromatic rings. The Morgan fingerprint density at radius 1 is 1.18 bits per heavy atom. The number of anilines is 1. The molecule has 7 nitrogen and oxygen atoms in total. The second-order valence-electron chi connectivity index (χ2n) is 7.25. The number of hydrogen-bond acceptors (Lipinski definition) is 5. The first-order valence-corrected chi connectivity index (χ1v) is 9.34. The summed E-state index contributed by atoms with van der Waals surface area (Å²) in [6.45, 7) is 11.2. The van der Waals surface area contributed by atoms with Crippen LogP contribution >= 0.6 is 0 Å². The molecule has 1 amide bonds. The van der Waals surface area contributed by atoms with Gasteiger partial charge in [-0.25, -0.2) is 4.79 Å². The number of ether oxygens (including phenoxy) is 2. The topological polar surface area (TPSA) is 82.4 Å². The molecule has 1 heterocycles. The van der Waals surface area contributed by atoms with E-state index < -0.39 is 18.0 Å². The summed E-state index contributed by atoms with van der Waals surface area (Å²) in [6, 6.07) is 5.72. The van der Waals surface area contributed by atoms with E-state index in [-0.39, 0.29) is 6.61 Å². The van der Waals surface area contributed by atoms with Gasteiger partial charge in [0.2, 0.25) is 0 Å². The monoisotopic (exact) mass is 387 g/mol. The maximum absolute atomic E-state index is 12.3. The molecule has 2 rings (SSSR count). The Morgan fingerprint density at radius 3 is 2.39 bits per heavy atom. The number of esters is 1. The van der Waals surface area contributed by atoms with Gasteiger partial charge in [-0.2, -0.15) is 5.10 Å². The summed E-state index contributed by atoms with van der Waals surface area (Å²) in [5.41, 5.74) is 4.51. The van der Waals surface area contributed by atoms with Crippen molar-refractivity contribution in [2.24, 2.45) is 7.05 Å². The summed E-state index contributed by atoms with van der Waals surface area (Å²) in [6.07, 6.45) is -0.944. The van der Waals surface area contributed by atoms with E-state index in [1.165, 1.54) is 12.5 Å². The van der Waals surface area contributed by atoms with Crippen LogP contribution in [0.25, 0.3) is 0 Å². The molecule has 1 atom stereocenters. The summed E-state index contributed by atoms with van der Waals surface area (Å²) in [5.74, 6) is 0.000537. The molecule has 0 bridgehead atoms. The molecule has 0 fully saturated rings. The number of hydrogen-bond donors (Lipinski definition) is 1. The molecule has 0 radical (unpaired) electrons. The molecular weight excluding hydrogens is 358 g/mol. The zero-order chi connectivity index (χ0) is 21.0. The Hall–Kier alpha value is -2.83. The van der Waals surface area contributed by atoms with Gasteiger partial charge in [-0.15, -0.1) is 0 Å². The average molecular weight is 387 g/mol. The van der Waals surface area contributed by atoms with Gasteiger partial charge in [-0.1, -0.05) is 19.9 Å². The molecular formula is C21H29N3O4. The number of aromatic nitrogens is 2. The minimum absolute atomic E-state index is 0.261. The van der Waals surface area contributed by atoms with Crippen molar-refractivity contribution in [2.45, 2.75) is 53.6 Å². The lowest BCUT2D eigenvalue weighted by Crippen LogP contribution is -2.32. The highest BCUT2D eigenvalue weighted by Gasteiger charge is 2.21. The Labute approximate surface area is 166 Å².